The molecule has 0 bridgehead atoms. The Morgan fingerprint density at radius 1 is 1.24 bits per heavy atom. The molecule has 1 aliphatic rings. The standard InChI is InChI=1S/C20H22Cl2N2O/c1-14-4-2-5-15(10-14)12-24-9-3-6-16(13-24)20(25)23-19-8-7-17(21)11-18(19)22/h2,4-5,7-8,10-11,16H,3,6,9,12-13H2,1H3,(H,23,25). The predicted octanol–water partition coefficient (Wildman–Crippen LogP) is 5.15. The molecule has 0 spiro atoms. The molecule has 0 radical (unpaired) electrons. The van der Waals surface area contributed by atoms with Crippen molar-refractivity contribution in [1.82, 2.24) is 4.90 Å². The number of likely N-dealkylation sites (tertiary alicyclic amines) is 1. The maximum absolute atomic E-state index is 12.6. The quantitative estimate of drug-likeness (QED) is 0.799. The number of nitrogens with zero attached hydrogens (tertiary/aromatic N) is 1. The molecule has 25 heavy (non-hydrogen) atoms. The van der Waals surface area contributed by atoms with Crippen molar-refractivity contribution in [3.05, 3.63) is 63.6 Å². The lowest BCUT2D eigenvalue weighted by molar-refractivity contribution is -0.121. The molecule has 1 heterocycles. The summed E-state index contributed by atoms with van der Waals surface area (Å²) in [6.45, 7) is 4.78. The molecule has 0 aromatic heterocycles. The van der Waals surface area contributed by atoms with Gasteiger partial charge in [-0.2, -0.15) is 0 Å². The number of anilines is 1. The molecular formula is C20H22Cl2N2O. The predicted molar refractivity (Wildman–Crippen MR) is 104 cm³/mol. The Bertz CT molecular complexity index is 763. The van der Waals surface area contributed by atoms with E-state index in [1.807, 2.05) is 0 Å². The number of piperidine rings is 1. The van der Waals surface area contributed by atoms with E-state index in [-0.39, 0.29) is 11.8 Å². The third kappa shape index (κ3) is 4.97. The number of amides is 1. The summed E-state index contributed by atoms with van der Waals surface area (Å²) >= 11 is 12.1. The highest BCUT2D eigenvalue weighted by atomic mass is 35.5. The van der Waals surface area contributed by atoms with Gasteiger partial charge in [0.1, 0.15) is 0 Å². The SMILES string of the molecule is Cc1cccc(CN2CCCC(C(=O)Nc3ccc(Cl)cc3Cl)C2)c1. The molecule has 132 valence electrons. The van der Waals surface area contributed by atoms with E-state index in [1.54, 1.807) is 18.2 Å². The summed E-state index contributed by atoms with van der Waals surface area (Å²) < 4.78 is 0. The van der Waals surface area contributed by atoms with Gasteiger partial charge in [0.25, 0.3) is 0 Å². The van der Waals surface area contributed by atoms with E-state index < -0.39 is 0 Å². The largest absolute Gasteiger partial charge is 0.324 e. The minimum atomic E-state index is -0.0229. The van der Waals surface area contributed by atoms with Crippen LogP contribution < -0.4 is 5.32 Å². The Labute approximate surface area is 158 Å². The number of carbonyl (C=O) groups is 1. The van der Waals surface area contributed by atoms with Crippen molar-refractivity contribution in [2.24, 2.45) is 5.92 Å². The van der Waals surface area contributed by atoms with Crippen LogP contribution in [0.25, 0.3) is 0 Å². The Morgan fingerprint density at radius 2 is 2.08 bits per heavy atom. The van der Waals surface area contributed by atoms with Crippen LogP contribution in [0.1, 0.15) is 24.0 Å². The zero-order chi connectivity index (χ0) is 17.8. The van der Waals surface area contributed by atoms with Crippen molar-refractivity contribution in [1.29, 1.82) is 0 Å². The second kappa shape index (κ2) is 8.22. The molecule has 1 aliphatic heterocycles. The Morgan fingerprint density at radius 3 is 2.84 bits per heavy atom. The molecule has 1 fully saturated rings. The summed E-state index contributed by atoms with van der Waals surface area (Å²) in [6.07, 6.45) is 1.93. The van der Waals surface area contributed by atoms with Gasteiger partial charge in [-0.25, -0.2) is 0 Å². The lowest BCUT2D eigenvalue weighted by Crippen LogP contribution is -2.40. The fourth-order valence-electron chi connectivity index (χ4n) is 3.31. The number of halogens is 2. The minimum Gasteiger partial charge on any atom is -0.324 e. The van der Waals surface area contributed by atoms with Crippen LogP contribution in [0.15, 0.2) is 42.5 Å². The molecule has 2 aromatic carbocycles. The van der Waals surface area contributed by atoms with Gasteiger partial charge in [-0.15, -0.1) is 0 Å². The van der Waals surface area contributed by atoms with Crippen LogP contribution in [0.3, 0.4) is 0 Å². The lowest BCUT2D eigenvalue weighted by atomic mass is 9.96. The van der Waals surface area contributed by atoms with Gasteiger partial charge in [0, 0.05) is 18.1 Å². The van der Waals surface area contributed by atoms with Gasteiger partial charge in [0.05, 0.1) is 16.6 Å². The van der Waals surface area contributed by atoms with Gasteiger partial charge in [-0.3, -0.25) is 9.69 Å². The number of carbonyl (C=O) groups excluding carboxylic acids is 1. The van der Waals surface area contributed by atoms with Crippen LogP contribution in [0.5, 0.6) is 0 Å². The maximum atomic E-state index is 12.6. The van der Waals surface area contributed by atoms with Crippen molar-refractivity contribution < 1.29 is 4.79 Å². The molecule has 2 aromatic rings. The number of nitrogens with one attached hydrogen (secondary N) is 1. The van der Waals surface area contributed by atoms with E-state index >= 15 is 0 Å². The Hall–Kier alpha value is -1.55. The van der Waals surface area contributed by atoms with E-state index in [2.05, 4.69) is 41.4 Å². The van der Waals surface area contributed by atoms with Crippen LogP contribution in [-0.2, 0) is 11.3 Å². The van der Waals surface area contributed by atoms with E-state index in [1.165, 1.54) is 11.1 Å². The van der Waals surface area contributed by atoms with Gasteiger partial charge in [0.15, 0.2) is 0 Å². The first-order chi connectivity index (χ1) is 12.0. The summed E-state index contributed by atoms with van der Waals surface area (Å²) in [6, 6.07) is 13.7. The first kappa shape index (κ1) is 18.2. The van der Waals surface area contributed by atoms with Crippen molar-refractivity contribution in [2.45, 2.75) is 26.3 Å². The molecule has 3 nitrogen and oxygen atoms in total. The number of aryl methyl sites for hydroxylation is 1. The third-order valence-corrected chi connectivity index (χ3v) is 5.10. The first-order valence-electron chi connectivity index (χ1n) is 8.55. The zero-order valence-electron chi connectivity index (χ0n) is 14.3. The molecular weight excluding hydrogens is 355 g/mol. The van der Waals surface area contributed by atoms with Gasteiger partial charge < -0.3 is 5.32 Å². The molecule has 0 saturated carbocycles. The molecule has 5 heteroatoms. The lowest BCUT2D eigenvalue weighted by Gasteiger charge is -2.32. The molecule has 0 aliphatic carbocycles. The topological polar surface area (TPSA) is 32.3 Å². The fraction of sp³-hybridized carbons (Fsp3) is 0.350. The number of hydrogen-bond donors (Lipinski definition) is 1. The highest BCUT2D eigenvalue weighted by Crippen LogP contribution is 2.27. The molecule has 3 rings (SSSR count). The monoisotopic (exact) mass is 376 g/mol. The molecule has 1 saturated heterocycles. The average molecular weight is 377 g/mol. The van der Waals surface area contributed by atoms with Gasteiger partial charge in [0.2, 0.25) is 5.91 Å². The summed E-state index contributed by atoms with van der Waals surface area (Å²) in [5.41, 5.74) is 3.18. The van der Waals surface area contributed by atoms with Gasteiger partial charge in [-0.05, 0) is 50.1 Å². The normalized spacial score (nSPS) is 18.1. The second-order valence-electron chi connectivity index (χ2n) is 6.68. The van der Waals surface area contributed by atoms with Crippen molar-refractivity contribution >= 4 is 34.8 Å². The Balaban J connectivity index is 1.61. The summed E-state index contributed by atoms with van der Waals surface area (Å²) in [4.78, 5) is 15.0. The highest BCUT2D eigenvalue weighted by Gasteiger charge is 2.26. The molecule has 1 N–H and O–H groups in total. The Kier molecular flexibility index (Phi) is 6.00. The van der Waals surface area contributed by atoms with Gasteiger partial charge in [-0.1, -0.05) is 53.0 Å². The third-order valence-electron chi connectivity index (χ3n) is 4.55. The summed E-state index contributed by atoms with van der Waals surface area (Å²) in [7, 11) is 0. The number of hydrogen-bond acceptors (Lipinski definition) is 2. The highest BCUT2D eigenvalue weighted by molar-refractivity contribution is 6.36. The molecule has 1 atom stereocenters. The van der Waals surface area contributed by atoms with Crippen LogP contribution in [0.2, 0.25) is 10.0 Å². The number of benzene rings is 2. The zero-order valence-corrected chi connectivity index (χ0v) is 15.8. The van der Waals surface area contributed by atoms with E-state index in [4.69, 9.17) is 23.2 Å². The van der Waals surface area contributed by atoms with E-state index in [9.17, 15) is 4.79 Å². The van der Waals surface area contributed by atoms with Crippen LogP contribution in [-0.4, -0.2) is 23.9 Å². The second-order valence-corrected chi connectivity index (χ2v) is 7.52. The minimum absolute atomic E-state index is 0.0229. The van der Waals surface area contributed by atoms with Crippen molar-refractivity contribution in [2.75, 3.05) is 18.4 Å². The maximum Gasteiger partial charge on any atom is 0.228 e. The summed E-state index contributed by atoms with van der Waals surface area (Å²) in [5, 5.41) is 3.97. The van der Waals surface area contributed by atoms with Gasteiger partial charge >= 0.3 is 0 Å². The van der Waals surface area contributed by atoms with E-state index in [0.29, 0.717) is 15.7 Å². The molecule has 1 amide bonds. The smallest absolute Gasteiger partial charge is 0.228 e. The van der Waals surface area contributed by atoms with Crippen molar-refractivity contribution in [3.63, 3.8) is 0 Å². The fourth-order valence-corrected chi connectivity index (χ4v) is 3.76. The van der Waals surface area contributed by atoms with E-state index in [0.717, 1.165) is 32.5 Å². The van der Waals surface area contributed by atoms with Crippen molar-refractivity contribution in [3.8, 4) is 0 Å². The average Bonchev–Trinajstić information content (AvgIpc) is 2.57. The van der Waals surface area contributed by atoms with Crippen LogP contribution in [0.4, 0.5) is 5.69 Å². The molecule has 1 unspecified atom stereocenters. The number of rotatable bonds is 4. The summed E-state index contributed by atoms with van der Waals surface area (Å²) in [5.74, 6) is 0.00321. The van der Waals surface area contributed by atoms with Crippen LogP contribution in [0, 0.1) is 12.8 Å². The van der Waals surface area contributed by atoms with Crippen LogP contribution >= 0.6 is 23.2 Å². The first-order valence-corrected chi connectivity index (χ1v) is 9.30.